The molecule has 6 rings (SSSR count). The fourth-order valence-electron chi connectivity index (χ4n) is 6.16. The summed E-state index contributed by atoms with van der Waals surface area (Å²) in [5.41, 5.74) is 3.45. The van der Waals surface area contributed by atoms with Crippen LogP contribution in [0.5, 0.6) is 0 Å². The first-order valence-electron chi connectivity index (χ1n) is 11.4. The number of fused-ring (bicyclic) bond motifs is 3. The van der Waals surface area contributed by atoms with E-state index in [1.807, 2.05) is 17.8 Å². The molecule has 0 spiro atoms. The maximum absolute atomic E-state index is 15.9. The van der Waals surface area contributed by atoms with E-state index in [9.17, 15) is 0 Å². The number of hydrogen-bond acceptors (Lipinski definition) is 3. The van der Waals surface area contributed by atoms with Crippen LogP contribution in [0.2, 0.25) is 0 Å². The number of anilines is 1. The molecular weight excluding hydrogens is 433 g/mol. The van der Waals surface area contributed by atoms with Crippen molar-refractivity contribution in [3.63, 3.8) is 0 Å². The summed E-state index contributed by atoms with van der Waals surface area (Å²) in [5, 5.41) is 0. The average Bonchev–Trinajstić information content (AvgIpc) is 3.27. The molecule has 3 heterocycles. The van der Waals surface area contributed by atoms with Crippen molar-refractivity contribution in [1.82, 2.24) is 9.15 Å². The molecule has 3 fully saturated rings. The van der Waals surface area contributed by atoms with Crippen molar-refractivity contribution in [3.8, 4) is 0 Å². The molecule has 4 nitrogen and oxygen atoms in total. The number of thioether (sulfide) groups is 1. The van der Waals surface area contributed by atoms with Crippen LogP contribution in [0.3, 0.4) is 0 Å². The van der Waals surface area contributed by atoms with Gasteiger partial charge in [0.05, 0.1) is 12.3 Å². The summed E-state index contributed by atoms with van der Waals surface area (Å²) in [5.74, 6) is 1.97. The molecule has 0 bridgehead atoms. The number of nitrogens with zero attached hydrogens (tertiary/aromatic N) is 3. The Kier molecular flexibility index (Phi) is 5.00. The van der Waals surface area contributed by atoms with Crippen LogP contribution < -0.4 is 8.92 Å². The first-order chi connectivity index (χ1) is 15.7. The van der Waals surface area contributed by atoms with E-state index < -0.39 is 7.44 Å². The van der Waals surface area contributed by atoms with Gasteiger partial charge in [0.25, 0.3) is 0 Å². The molecule has 0 radical (unpaired) electrons. The Labute approximate surface area is 194 Å². The highest BCUT2D eigenvalue weighted by molar-refractivity contribution is 7.99. The van der Waals surface area contributed by atoms with Gasteiger partial charge in [-0.05, 0) is 36.8 Å². The molecule has 6 heteroatoms. The van der Waals surface area contributed by atoms with Gasteiger partial charge in [-0.1, -0.05) is 66.7 Å². The highest BCUT2D eigenvalue weighted by Crippen LogP contribution is 2.80. The number of benzene rings is 3. The monoisotopic (exact) mass is 462 g/mol. The minimum absolute atomic E-state index is 0.118. The zero-order valence-electron chi connectivity index (χ0n) is 18.3. The van der Waals surface area contributed by atoms with Crippen molar-refractivity contribution in [3.05, 3.63) is 96.6 Å². The van der Waals surface area contributed by atoms with Crippen LogP contribution in [-0.4, -0.2) is 41.7 Å². The van der Waals surface area contributed by atoms with Crippen LogP contribution in [0, 0.1) is 0 Å². The molecule has 0 aliphatic carbocycles. The lowest BCUT2D eigenvalue weighted by Gasteiger charge is -2.42. The summed E-state index contributed by atoms with van der Waals surface area (Å²) in [6, 6.07) is 32.1. The Morgan fingerprint density at radius 3 is 2.19 bits per heavy atom. The summed E-state index contributed by atoms with van der Waals surface area (Å²) >= 11 is 2.02. The van der Waals surface area contributed by atoms with E-state index in [1.165, 1.54) is 11.3 Å². The topological polar surface area (TPSA) is 23.6 Å². The van der Waals surface area contributed by atoms with Crippen LogP contribution in [0.4, 0.5) is 11.4 Å². The molecular formula is C26H29N3OPS+. The fraction of sp³-hybridized carbons (Fsp3) is 0.308. The molecule has 5 unspecified atom stereocenters. The minimum Gasteiger partial charge on any atom is -0.272 e. The van der Waals surface area contributed by atoms with Gasteiger partial charge in [0.15, 0.2) is 11.9 Å². The van der Waals surface area contributed by atoms with Gasteiger partial charge in [0, 0.05) is 17.5 Å². The van der Waals surface area contributed by atoms with Gasteiger partial charge in [-0.25, -0.2) is 13.7 Å². The predicted octanol–water partition coefficient (Wildman–Crippen LogP) is 6.18. The molecule has 0 saturated carbocycles. The molecule has 0 aromatic heterocycles. The molecule has 3 aliphatic rings. The number of quaternary nitrogens is 1. The van der Waals surface area contributed by atoms with Gasteiger partial charge in [0.2, 0.25) is 0 Å². The molecule has 3 aliphatic heterocycles. The summed E-state index contributed by atoms with van der Waals surface area (Å²) < 4.78 is 18.8. The van der Waals surface area contributed by atoms with E-state index in [0.29, 0.717) is 10.3 Å². The highest BCUT2D eigenvalue weighted by atomic mass is 32.2. The molecule has 3 saturated heterocycles. The summed E-state index contributed by atoms with van der Waals surface area (Å²) in [6.07, 6.45) is 0.205. The molecule has 0 amide bonds. The van der Waals surface area contributed by atoms with Gasteiger partial charge in [-0.2, -0.15) is 11.8 Å². The second-order valence-electron chi connectivity index (χ2n) is 9.03. The Bertz CT molecular complexity index is 1150. The molecule has 3 aromatic rings. The summed E-state index contributed by atoms with van der Waals surface area (Å²) in [4.78, 5) is 2.62. The standard InChI is InChI=1S/C26H29N3OPS/c1-21-19-32-20-25-28(21)26(22-11-5-2-6-12-22)31(30)27(23-13-7-3-8-14-23)17-18-29(25,31)24-15-9-4-10-16-24/h2-16,21,25-26H,17-20H2,1H3/q+1. The normalized spacial score (nSPS) is 34.3. The first-order valence-corrected chi connectivity index (χ1v) is 14.3. The van der Waals surface area contributed by atoms with E-state index in [0.717, 1.165) is 30.3 Å². The van der Waals surface area contributed by atoms with Gasteiger partial charge in [-0.15, -0.1) is 0 Å². The first kappa shape index (κ1) is 20.6. The van der Waals surface area contributed by atoms with E-state index in [-0.39, 0.29) is 11.9 Å². The molecule has 0 N–H and O–H groups in total. The van der Waals surface area contributed by atoms with Crippen LogP contribution in [0.25, 0.3) is 0 Å². The average molecular weight is 463 g/mol. The van der Waals surface area contributed by atoms with Gasteiger partial charge in [0.1, 0.15) is 12.2 Å². The second-order valence-corrected chi connectivity index (χ2v) is 13.0. The third kappa shape index (κ3) is 2.69. The quantitative estimate of drug-likeness (QED) is 0.434. The maximum Gasteiger partial charge on any atom is 0.373 e. The summed E-state index contributed by atoms with van der Waals surface area (Å²) in [6.45, 7) is 4.00. The Morgan fingerprint density at radius 1 is 0.875 bits per heavy atom. The Morgan fingerprint density at radius 2 is 1.50 bits per heavy atom. The van der Waals surface area contributed by atoms with E-state index in [2.05, 4.69) is 101 Å². The number of hydrogen-bond donors (Lipinski definition) is 0. The van der Waals surface area contributed by atoms with E-state index in [4.69, 9.17) is 0 Å². The third-order valence-electron chi connectivity index (χ3n) is 7.44. The zero-order chi connectivity index (χ0) is 21.8. The predicted molar refractivity (Wildman–Crippen MR) is 136 cm³/mol. The van der Waals surface area contributed by atoms with Crippen molar-refractivity contribution in [2.75, 3.05) is 29.3 Å². The minimum atomic E-state index is -3.01. The highest BCUT2D eigenvalue weighted by Gasteiger charge is 2.75. The number of rotatable bonds is 3. The SMILES string of the molecule is CC1CSCC2N1C(c1ccccc1)P1(=O)N(c3ccccc3)CC[N+]21c1ccccc1. The van der Waals surface area contributed by atoms with Crippen LogP contribution in [0.15, 0.2) is 91.0 Å². The van der Waals surface area contributed by atoms with Gasteiger partial charge < -0.3 is 0 Å². The lowest BCUT2D eigenvalue weighted by Crippen LogP contribution is -2.58. The van der Waals surface area contributed by atoms with E-state index >= 15 is 4.57 Å². The van der Waals surface area contributed by atoms with Gasteiger partial charge in [-0.3, -0.25) is 4.67 Å². The van der Waals surface area contributed by atoms with Crippen molar-refractivity contribution >= 4 is 30.6 Å². The smallest absolute Gasteiger partial charge is 0.272 e. The van der Waals surface area contributed by atoms with Crippen molar-refractivity contribution in [2.45, 2.75) is 24.9 Å². The molecule has 32 heavy (non-hydrogen) atoms. The van der Waals surface area contributed by atoms with Crippen molar-refractivity contribution < 1.29 is 4.57 Å². The van der Waals surface area contributed by atoms with Crippen molar-refractivity contribution in [2.24, 2.45) is 0 Å². The molecule has 164 valence electrons. The lowest BCUT2D eigenvalue weighted by molar-refractivity contribution is 0.110. The van der Waals surface area contributed by atoms with Crippen LogP contribution >= 0.6 is 19.2 Å². The van der Waals surface area contributed by atoms with Crippen LogP contribution in [-0.2, 0) is 4.57 Å². The van der Waals surface area contributed by atoms with E-state index in [1.54, 1.807) is 0 Å². The molecule has 3 aromatic carbocycles. The van der Waals surface area contributed by atoms with Crippen LogP contribution in [0.1, 0.15) is 18.3 Å². The fourth-order valence-corrected chi connectivity index (χ4v) is 12.2. The van der Waals surface area contributed by atoms with Crippen molar-refractivity contribution in [1.29, 1.82) is 0 Å². The van der Waals surface area contributed by atoms with Gasteiger partial charge >= 0.3 is 7.44 Å². The molecule has 5 atom stereocenters. The zero-order valence-corrected chi connectivity index (χ0v) is 20.0. The Hall–Kier alpha value is -2.04. The largest absolute Gasteiger partial charge is 0.373 e. The third-order valence-corrected chi connectivity index (χ3v) is 12.7. The lowest BCUT2D eigenvalue weighted by atomic mass is 10.1. The maximum atomic E-state index is 15.9. The second kappa shape index (κ2) is 7.78. The summed E-state index contributed by atoms with van der Waals surface area (Å²) in [7, 11) is -3.01. The Balaban J connectivity index is 1.65. The number of para-hydroxylation sites is 2.